The Morgan fingerprint density at radius 2 is 2.21 bits per heavy atom. The van der Waals surface area contributed by atoms with Gasteiger partial charge in [0.05, 0.1) is 11.7 Å². The third-order valence-corrected chi connectivity index (χ3v) is 6.48. The number of nitrogens with one attached hydrogen (secondary N) is 2. The van der Waals surface area contributed by atoms with Crippen molar-refractivity contribution in [2.75, 3.05) is 26.7 Å². The van der Waals surface area contributed by atoms with Gasteiger partial charge in [0.2, 0.25) is 5.96 Å². The molecule has 1 spiro atoms. The lowest BCUT2D eigenvalue weighted by Crippen LogP contribution is -2.55. The van der Waals surface area contributed by atoms with Crippen LogP contribution in [-0.2, 0) is 0 Å². The number of fused-ring (bicyclic) bond motifs is 1. The van der Waals surface area contributed by atoms with Gasteiger partial charge in [-0.1, -0.05) is 13.8 Å². The van der Waals surface area contributed by atoms with E-state index in [2.05, 4.69) is 70.2 Å². The van der Waals surface area contributed by atoms with E-state index in [1.165, 1.54) is 11.4 Å². The van der Waals surface area contributed by atoms with E-state index in [0.717, 1.165) is 44.6 Å². The summed E-state index contributed by atoms with van der Waals surface area (Å²) >= 11 is 0. The lowest BCUT2D eigenvalue weighted by molar-refractivity contribution is 0.224. The number of guanidine groups is 1. The number of rotatable bonds is 9. The summed E-state index contributed by atoms with van der Waals surface area (Å²) < 4.78 is 0. The van der Waals surface area contributed by atoms with Crippen molar-refractivity contribution in [3.63, 3.8) is 0 Å². The Kier molecular flexibility index (Phi) is 8.27. The molecule has 0 aromatic carbocycles. The largest absolute Gasteiger partial charge is 0.369 e. The van der Waals surface area contributed by atoms with Crippen LogP contribution in [0.25, 0.3) is 0 Å². The highest BCUT2D eigenvalue weighted by Crippen LogP contribution is 2.45. The van der Waals surface area contributed by atoms with Gasteiger partial charge in [-0.25, -0.2) is 9.98 Å². The first-order valence-electron chi connectivity index (χ1n) is 12.2. The quantitative estimate of drug-likeness (QED) is 0.415. The minimum absolute atomic E-state index is 0.195. The van der Waals surface area contributed by atoms with Gasteiger partial charge >= 0.3 is 0 Å². The van der Waals surface area contributed by atoms with Gasteiger partial charge in [-0.05, 0) is 52.3 Å². The summed E-state index contributed by atoms with van der Waals surface area (Å²) in [5.74, 6) is 5.53. The Morgan fingerprint density at radius 1 is 1.42 bits per heavy atom. The first-order chi connectivity index (χ1) is 15.8. The van der Waals surface area contributed by atoms with E-state index >= 15 is 0 Å². The maximum absolute atomic E-state index is 5.07. The molecule has 1 aliphatic carbocycles. The normalized spacial score (nSPS) is 25.5. The lowest BCUT2D eigenvalue weighted by atomic mass is 9.92. The van der Waals surface area contributed by atoms with Gasteiger partial charge in [0, 0.05) is 57.3 Å². The summed E-state index contributed by atoms with van der Waals surface area (Å²) in [5, 5.41) is 6.61. The molecule has 0 saturated heterocycles. The molecule has 0 radical (unpaired) electrons. The minimum atomic E-state index is -0.195. The highest BCUT2D eigenvalue weighted by molar-refractivity contribution is 5.98. The van der Waals surface area contributed by atoms with Crippen LogP contribution in [0.1, 0.15) is 60.8 Å². The standard InChI is InChI=1S/C25H40N8/c1-8-22(27-15-19(6)32(7)12-11-26-10-3)31-24-28-16-20-13-21-25(14-20,17-29-24)33(18(4)5)23(9-2)30-21/h8,16-18,21,26H,9-14H2,1-7H3,(H,28,31)/b20-16-,22-8+,29-17?. The van der Waals surface area contributed by atoms with E-state index in [9.17, 15) is 0 Å². The van der Waals surface area contributed by atoms with Crippen molar-refractivity contribution >= 4 is 23.9 Å². The zero-order valence-corrected chi connectivity index (χ0v) is 21.3. The van der Waals surface area contributed by atoms with Crippen molar-refractivity contribution in [3.8, 4) is 0 Å². The molecule has 2 atom stereocenters. The van der Waals surface area contributed by atoms with Crippen LogP contribution in [0.15, 0.2) is 49.3 Å². The van der Waals surface area contributed by atoms with Crippen LogP contribution in [-0.4, -0.2) is 78.0 Å². The molecule has 2 aliphatic heterocycles. The third kappa shape index (κ3) is 5.45. The predicted molar refractivity (Wildman–Crippen MR) is 139 cm³/mol. The van der Waals surface area contributed by atoms with Crippen LogP contribution in [0.3, 0.4) is 0 Å². The molecule has 8 heteroatoms. The number of nitrogens with zero attached hydrogens (tertiary/aromatic N) is 6. The van der Waals surface area contributed by atoms with Crippen molar-refractivity contribution in [1.29, 1.82) is 0 Å². The molecule has 1 saturated carbocycles. The Morgan fingerprint density at radius 3 is 2.88 bits per heavy atom. The monoisotopic (exact) mass is 452 g/mol. The van der Waals surface area contributed by atoms with Crippen molar-refractivity contribution in [2.24, 2.45) is 20.0 Å². The molecule has 3 rings (SSSR count). The fourth-order valence-corrected chi connectivity index (χ4v) is 4.72. The van der Waals surface area contributed by atoms with Gasteiger partial charge in [0.25, 0.3) is 0 Å². The number of amidine groups is 1. The minimum Gasteiger partial charge on any atom is -0.369 e. The van der Waals surface area contributed by atoms with E-state index in [1.54, 1.807) is 0 Å². The molecule has 2 unspecified atom stereocenters. The summed E-state index contributed by atoms with van der Waals surface area (Å²) in [6.07, 6.45) is 8.75. The van der Waals surface area contributed by atoms with Gasteiger partial charge < -0.3 is 20.4 Å². The molecule has 33 heavy (non-hydrogen) atoms. The Balaban J connectivity index is 1.78. The fourth-order valence-electron chi connectivity index (χ4n) is 4.72. The zero-order chi connectivity index (χ0) is 24.0. The Labute approximate surface area is 199 Å². The van der Waals surface area contributed by atoms with Gasteiger partial charge in [-0.3, -0.25) is 4.99 Å². The molecule has 2 bridgehead atoms. The highest BCUT2D eigenvalue weighted by Gasteiger charge is 2.54. The molecule has 180 valence electrons. The van der Waals surface area contributed by atoms with Gasteiger partial charge in [0.1, 0.15) is 17.2 Å². The molecular formula is C25H40N8. The average Bonchev–Trinajstić information content (AvgIpc) is 3.29. The predicted octanol–water partition coefficient (Wildman–Crippen LogP) is 3.31. The molecule has 2 N–H and O–H groups in total. The van der Waals surface area contributed by atoms with Gasteiger partial charge in [-0.2, -0.15) is 4.99 Å². The Bertz CT molecular complexity index is 932. The van der Waals surface area contributed by atoms with Crippen LogP contribution in [0, 0.1) is 0 Å². The molecule has 2 heterocycles. The molecule has 0 aromatic rings. The molecule has 1 fully saturated rings. The second-order valence-electron chi connectivity index (χ2n) is 9.13. The maximum atomic E-state index is 5.07. The van der Waals surface area contributed by atoms with Gasteiger partial charge in [-0.15, -0.1) is 0 Å². The van der Waals surface area contributed by atoms with Crippen molar-refractivity contribution in [2.45, 2.75) is 78.4 Å². The first-order valence-corrected chi connectivity index (χ1v) is 12.2. The smallest absolute Gasteiger partial charge is 0.228 e. The maximum Gasteiger partial charge on any atom is 0.228 e. The fraction of sp³-hybridized carbons (Fsp3) is 0.640. The van der Waals surface area contributed by atoms with Crippen LogP contribution in [0.5, 0.6) is 0 Å². The SMILES string of the molecule is C/C=C(\N=C=C(C)N(C)CCNCC)NC1=N/C=C2/CC3N=C(CC)N(C(C)C)C3(C=N1)C2. The van der Waals surface area contributed by atoms with Gasteiger partial charge in [0.15, 0.2) is 0 Å². The van der Waals surface area contributed by atoms with E-state index < -0.39 is 0 Å². The average molecular weight is 453 g/mol. The molecule has 0 aromatic heterocycles. The molecule has 0 amide bonds. The number of hydrogen-bond acceptors (Lipinski definition) is 8. The lowest BCUT2D eigenvalue weighted by Gasteiger charge is -2.40. The summed E-state index contributed by atoms with van der Waals surface area (Å²) in [6.45, 7) is 15.5. The van der Waals surface area contributed by atoms with Crippen LogP contribution >= 0.6 is 0 Å². The van der Waals surface area contributed by atoms with Crippen LogP contribution in [0.2, 0.25) is 0 Å². The zero-order valence-electron chi connectivity index (χ0n) is 21.3. The highest BCUT2D eigenvalue weighted by atomic mass is 15.4. The number of aliphatic imine (C=N–C) groups is 4. The molecule has 8 nitrogen and oxygen atoms in total. The van der Waals surface area contributed by atoms with Crippen molar-refractivity contribution < 1.29 is 0 Å². The summed E-state index contributed by atoms with van der Waals surface area (Å²) in [5.41, 5.74) is 2.10. The van der Waals surface area contributed by atoms with Crippen LogP contribution < -0.4 is 10.6 Å². The first kappa shape index (κ1) is 24.9. The second-order valence-corrected chi connectivity index (χ2v) is 9.13. The topological polar surface area (TPSA) is 80.0 Å². The Hall–Kier alpha value is -2.70. The number of likely N-dealkylation sites (N-methyl/N-ethyl adjacent to an activating group) is 2. The summed E-state index contributed by atoms with van der Waals surface area (Å²) in [7, 11) is 2.05. The van der Waals surface area contributed by atoms with E-state index in [0.29, 0.717) is 17.8 Å². The van der Waals surface area contributed by atoms with Crippen molar-refractivity contribution in [1.82, 2.24) is 20.4 Å². The number of allylic oxidation sites excluding steroid dienone is 2. The van der Waals surface area contributed by atoms with Crippen LogP contribution in [0.4, 0.5) is 0 Å². The summed E-state index contributed by atoms with van der Waals surface area (Å²) in [4.78, 5) is 23.6. The summed E-state index contributed by atoms with van der Waals surface area (Å²) in [6, 6.07) is 0.572. The van der Waals surface area contributed by atoms with Crippen molar-refractivity contribution in [3.05, 3.63) is 29.4 Å². The third-order valence-electron chi connectivity index (χ3n) is 6.48. The van der Waals surface area contributed by atoms with E-state index in [-0.39, 0.29) is 11.6 Å². The van der Waals surface area contributed by atoms with E-state index in [4.69, 9.17) is 9.98 Å². The second kappa shape index (κ2) is 10.9. The molecule has 3 aliphatic rings. The number of hydrogen-bond donors (Lipinski definition) is 2. The van der Waals surface area contributed by atoms with E-state index in [1.807, 2.05) is 33.2 Å². The molecular weight excluding hydrogens is 412 g/mol.